The van der Waals surface area contributed by atoms with Gasteiger partial charge in [-0.15, -0.1) is 0 Å². The molecule has 29 heavy (non-hydrogen) atoms. The molecular weight excluding hydrogens is 374 g/mol. The Hall–Kier alpha value is -2.26. The number of carbonyl (C=O) groups excluding carboxylic acids is 1. The largest absolute Gasteiger partial charge is 0.388 e. The fourth-order valence-electron chi connectivity index (χ4n) is 4.08. The van der Waals surface area contributed by atoms with E-state index in [4.69, 9.17) is 9.47 Å². The van der Waals surface area contributed by atoms with Crippen molar-refractivity contribution in [3.8, 4) is 0 Å². The number of aliphatic hydroxyl groups excluding tert-OH is 1. The topological polar surface area (TPSA) is 93.0 Å². The predicted molar refractivity (Wildman–Crippen MR) is 108 cm³/mol. The number of aryl methyl sites for hydroxylation is 1. The molecule has 8 nitrogen and oxygen atoms in total. The van der Waals surface area contributed by atoms with E-state index in [-0.39, 0.29) is 17.6 Å². The average molecular weight is 401 g/mol. The molecule has 3 atom stereocenters. The van der Waals surface area contributed by atoms with Gasteiger partial charge in [-0.2, -0.15) is 0 Å². The number of fused-ring (bicyclic) bond motifs is 1. The van der Waals surface area contributed by atoms with Gasteiger partial charge in [0, 0.05) is 44.7 Å². The van der Waals surface area contributed by atoms with Crippen LogP contribution in [-0.4, -0.2) is 78.2 Å². The highest BCUT2D eigenvalue weighted by molar-refractivity contribution is 6.06. The van der Waals surface area contributed by atoms with Crippen LogP contribution in [0.2, 0.25) is 0 Å². The molecule has 0 radical (unpaired) electrons. The minimum atomic E-state index is -0.812. The number of benzene rings is 1. The van der Waals surface area contributed by atoms with Gasteiger partial charge in [-0.25, -0.2) is 0 Å². The fourth-order valence-corrected chi connectivity index (χ4v) is 4.08. The first-order valence-electron chi connectivity index (χ1n) is 10.0. The lowest BCUT2D eigenvalue weighted by atomic mass is 9.98. The van der Waals surface area contributed by atoms with E-state index in [2.05, 4.69) is 10.2 Å². The lowest BCUT2D eigenvalue weighted by molar-refractivity contribution is -0.106. The Labute approximate surface area is 169 Å². The maximum Gasteiger partial charge on any atom is 0.252 e. The molecule has 1 aromatic carbocycles. The second-order valence-corrected chi connectivity index (χ2v) is 7.65. The Morgan fingerprint density at radius 3 is 2.79 bits per heavy atom. The van der Waals surface area contributed by atoms with Crippen molar-refractivity contribution in [2.75, 3.05) is 39.5 Å². The molecule has 0 spiro atoms. The number of aliphatic hydroxyl groups is 1. The highest BCUT2D eigenvalue weighted by Crippen LogP contribution is 2.20. The van der Waals surface area contributed by atoms with Gasteiger partial charge in [-0.05, 0) is 12.5 Å². The SMILES string of the molecule is Cn1c(=O)cc(C(=O)N[C@H]2CCO[C@H](CN3CCOCC3)[C@H]2O)c2ccccc21. The zero-order valence-electron chi connectivity index (χ0n) is 16.5. The number of para-hydroxylation sites is 1. The highest BCUT2D eigenvalue weighted by atomic mass is 16.5. The molecule has 2 aliphatic rings. The van der Waals surface area contributed by atoms with Gasteiger partial charge in [0.25, 0.3) is 11.5 Å². The fraction of sp³-hybridized carbons (Fsp3) is 0.524. The lowest BCUT2D eigenvalue weighted by Crippen LogP contribution is -2.57. The normalized spacial score (nSPS) is 25.8. The lowest BCUT2D eigenvalue weighted by Gasteiger charge is -2.38. The van der Waals surface area contributed by atoms with Crippen molar-refractivity contribution in [3.05, 3.63) is 46.2 Å². The van der Waals surface area contributed by atoms with E-state index in [1.54, 1.807) is 7.05 Å². The van der Waals surface area contributed by atoms with Gasteiger partial charge in [0.15, 0.2) is 0 Å². The van der Waals surface area contributed by atoms with Crippen molar-refractivity contribution in [1.82, 2.24) is 14.8 Å². The van der Waals surface area contributed by atoms with Gasteiger partial charge in [0.2, 0.25) is 0 Å². The number of amides is 1. The van der Waals surface area contributed by atoms with Crippen LogP contribution in [0.1, 0.15) is 16.8 Å². The molecule has 2 aromatic rings. The van der Waals surface area contributed by atoms with E-state index < -0.39 is 12.1 Å². The van der Waals surface area contributed by atoms with Crippen molar-refractivity contribution < 1.29 is 19.4 Å². The highest BCUT2D eigenvalue weighted by Gasteiger charge is 2.35. The number of nitrogens with one attached hydrogen (secondary N) is 1. The Morgan fingerprint density at radius 2 is 2.00 bits per heavy atom. The molecule has 4 rings (SSSR count). The van der Waals surface area contributed by atoms with Crippen LogP contribution in [0.4, 0.5) is 0 Å². The first kappa shape index (κ1) is 20.0. The molecule has 2 N–H and O–H groups in total. The zero-order chi connectivity index (χ0) is 20.4. The molecule has 0 aliphatic carbocycles. The summed E-state index contributed by atoms with van der Waals surface area (Å²) in [6.07, 6.45) is -0.657. The standard InChI is InChI=1S/C21H27N3O5/c1-23-17-5-3-2-4-14(17)15(12-19(23)25)21(27)22-16-6-9-29-18(20(16)26)13-24-7-10-28-11-8-24/h2-5,12,16,18,20,26H,6-11,13H2,1H3,(H,22,27)/t16-,18+,20-/m0/s1. The molecule has 0 bridgehead atoms. The van der Waals surface area contributed by atoms with Crippen molar-refractivity contribution in [1.29, 1.82) is 0 Å². The van der Waals surface area contributed by atoms with E-state index in [1.165, 1.54) is 10.6 Å². The monoisotopic (exact) mass is 401 g/mol. The molecule has 3 heterocycles. The summed E-state index contributed by atoms with van der Waals surface area (Å²) >= 11 is 0. The number of hydrogen-bond donors (Lipinski definition) is 2. The number of nitrogens with zero attached hydrogens (tertiary/aromatic N) is 2. The summed E-state index contributed by atoms with van der Waals surface area (Å²) in [6, 6.07) is 8.24. The van der Waals surface area contributed by atoms with Gasteiger partial charge < -0.3 is 24.5 Å². The molecule has 2 aliphatic heterocycles. The third kappa shape index (κ3) is 4.20. The third-order valence-electron chi connectivity index (χ3n) is 5.81. The number of morpholine rings is 1. The quantitative estimate of drug-likeness (QED) is 0.756. The number of aromatic nitrogens is 1. The smallest absolute Gasteiger partial charge is 0.252 e. The molecule has 1 amide bonds. The Kier molecular flexibility index (Phi) is 5.96. The van der Waals surface area contributed by atoms with Crippen LogP contribution >= 0.6 is 0 Å². The summed E-state index contributed by atoms with van der Waals surface area (Å²) in [5.74, 6) is -0.352. The molecule has 8 heteroatoms. The first-order chi connectivity index (χ1) is 14.0. The summed E-state index contributed by atoms with van der Waals surface area (Å²) < 4.78 is 12.7. The minimum Gasteiger partial charge on any atom is -0.388 e. The zero-order valence-corrected chi connectivity index (χ0v) is 16.5. The number of ether oxygens (including phenoxy) is 2. The average Bonchev–Trinajstić information content (AvgIpc) is 2.74. The molecule has 0 unspecified atom stereocenters. The van der Waals surface area contributed by atoms with Crippen LogP contribution in [0.5, 0.6) is 0 Å². The molecule has 156 valence electrons. The summed E-state index contributed by atoms with van der Waals surface area (Å²) in [4.78, 5) is 27.5. The summed E-state index contributed by atoms with van der Waals surface area (Å²) in [7, 11) is 1.69. The Balaban J connectivity index is 1.50. The van der Waals surface area contributed by atoms with Gasteiger partial charge in [-0.1, -0.05) is 18.2 Å². The number of carbonyl (C=O) groups is 1. The molecule has 2 saturated heterocycles. The maximum absolute atomic E-state index is 13.0. The van der Waals surface area contributed by atoms with Crippen LogP contribution in [0.15, 0.2) is 35.1 Å². The first-order valence-corrected chi connectivity index (χ1v) is 10.0. The van der Waals surface area contributed by atoms with Crippen LogP contribution in [0.25, 0.3) is 10.9 Å². The van der Waals surface area contributed by atoms with Gasteiger partial charge >= 0.3 is 0 Å². The van der Waals surface area contributed by atoms with E-state index in [0.717, 1.165) is 13.1 Å². The van der Waals surface area contributed by atoms with E-state index in [0.29, 0.717) is 49.3 Å². The van der Waals surface area contributed by atoms with Crippen LogP contribution in [0, 0.1) is 0 Å². The van der Waals surface area contributed by atoms with Crippen molar-refractivity contribution in [2.24, 2.45) is 7.05 Å². The number of hydrogen-bond acceptors (Lipinski definition) is 6. The maximum atomic E-state index is 13.0. The van der Waals surface area contributed by atoms with E-state index in [9.17, 15) is 14.7 Å². The van der Waals surface area contributed by atoms with Crippen LogP contribution < -0.4 is 10.9 Å². The number of rotatable bonds is 4. The van der Waals surface area contributed by atoms with Gasteiger partial charge in [-0.3, -0.25) is 14.5 Å². The van der Waals surface area contributed by atoms with Crippen molar-refractivity contribution in [2.45, 2.75) is 24.7 Å². The van der Waals surface area contributed by atoms with Crippen molar-refractivity contribution in [3.63, 3.8) is 0 Å². The molecule has 1 aromatic heterocycles. The van der Waals surface area contributed by atoms with Crippen LogP contribution in [0.3, 0.4) is 0 Å². The summed E-state index contributed by atoms with van der Waals surface area (Å²) in [5.41, 5.74) is 0.779. The third-order valence-corrected chi connectivity index (χ3v) is 5.81. The Bertz CT molecular complexity index is 938. The second-order valence-electron chi connectivity index (χ2n) is 7.65. The second kappa shape index (κ2) is 8.62. The summed E-state index contributed by atoms with van der Waals surface area (Å²) in [6.45, 7) is 4.05. The molecule has 2 fully saturated rings. The van der Waals surface area contributed by atoms with Gasteiger partial charge in [0.05, 0.1) is 36.4 Å². The predicted octanol–water partition coefficient (Wildman–Crippen LogP) is 0.119. The summed E-state index contributed by atoms with van der Waals surface area (Å²) in [5, 5.41) is 14.4. The Morgan fingerprint density at radius 1 is 1.24 bits per heavy atom. The molecule has 0 saturated carbocycles. The minimum absolute atomic E-state index is 0.244. The van der Waals surface area contributed by atoms with Crippen molar-refractivity contribution >= 4 is 16.8 Å². The molecular formula is C21H27N3O5. The van der Waals surface area contributed by atoms with E-state index >= 15 is 0 Å². The van der Waals surface area contributed by atoms with E-state index in [1.807, 2.05) is 24.3 Å². The number of pyridine rings is 1. The van der Waals surface area contributed by atoms with Gasteiger partial charge in [0.1, 0.15) is 6.10 Å². The van der Waals surface area contributed by atoms with Crippen LogP contribution in [-0.2, 0) is 16.5 Å².